The lowest BCUT2D eigenvalue weighted by molar-refractivity contribution is 0.202. The summed E-state index contributed by atoms with van der Waals surface area (Å²) < 4.78 is 41.6. The van der Waals surface area contributed by atoms with Crippen molar-refractivity contribution >= 4 is 38.4 Å². The Kier molecular flexibility index (Phi) is 8.46. The van der Waals surface area contributed by atoms with Crippen LogP contribution in [0.1, 0.15) is 31.9 Å². The van der Waals surface area contributed by atoms with Crippen molar-refractivity contribution in [2.75, 3.05) is 17.9 Å². The molecule has 2 heterocycles. The van der Waals surface area contributed by atoms with Crippen LogP contribution < -0.4 is 14.2 Å². The summed E-state index contributed by atoms with van der Waals surface area (Å²) in [5.74, 6) is 0.331. The quantitative estimate of drug-likeness (QED) is 0.190. The van der Waals surface area contributed by atoms with Gasteiger partial charge in [-0.1, -0.05) is 62.7 Å². The first-order chi connectivity index (χ1) is 18.0. The summed E-state index contributed by atoms with van der Waals surface area (Å²) in [6.45, 7) is 8.49. The molecule has 0 atom stereocenters. The molecule has 0 aliphatic carbocycles. The third-order valence-corrected chi connectivity index (χ3v) is 7.48. The van der Waals surface area contributed by atoms with Crippen LogP contribution in [0.2, 0.25) is 0 Å². The van der Waals surface area contributed by atoms with Crippen LogP contribution >= 0.6 is 22.6 Å². The van der Waals surface area contributed by atoms with E-state index in [1.165, 1.54) is 6.33 Å². The van der Waals surface area contributed by atoms with E-state index in [9.17, 15) is 8.42 Å². The maximum Gasteiger partial charge on any atom is 0.316 e. The van der Waals surface area contributed by atoms with Crippen molar-refractivity contribution in [2.24, 2.45) is 0 Å². The highest BCUT2D eigenvalue weighted by Gasteiger charge is 2.22. The fourth-order valence-electron chi connectivity index (χ4n) is 3.50. The molecule has 0 amide bonds. The Morgan fingerprint density at radius 1 is 0.868 bits per heavy atom. The van der Waals surface area contributed by atoms with Gasteiger partial charge in [-0.15, -0.1) is 0 Å². The van der Waals surface area contributed by atoms with Gasteiger partial charge in [-0.05, 0) is 58.2 Å². The first-order valence-electron chi connectivity index (χ1n) is 11.8. The molecule has 11 heteroatoms. The molecule has 0 bridgehead atoms. The molecule has 0 aliphatic rings. The Bertz CT molecular complexity index is 1490. The number of aromatic nitrogens is 4. The molecule has 0 spiro atoms. The molecule has 0 saturated carbocycles. The molecule has 198 valence electrons. The van der Waals surface area contributed by atoms with Crippen molar-refractivity contribution in [1.29, 1.82) is 0 Å². The Morgan fingerprint density at radius 2 is 1.50 bits per heavy atom. The third kappa shape index (κ3) is 6.95. The fraction of sp³-hybridized carbons (Fsp3) is 0.259. The Hall–Kier alpha value is -3.32. The van der Waals surface area contributed by atoms with Gasteiger partial charge in [0.2, 0.25) is 5.88 Å². The van der Waals surface area contributed by atoms with Crippen LogP contribution in [0, 0.1) is 10.5 Å². The average Bonchev–Trinajstić information content (AvgIpc) is 2.88. The van der Waals surface area contributed by atoms with Gasteiger partial charge in [-0.25, -0.2) is 28.4 Å². The number of aryl methyl sites for hydroxylation is 1. The van der Waals surface area contributed by atoms with Crippen LogP contribution in [-0.4, -0.2) is 41.6 Å². The van der Waals surface area contributed by atoms with E-state index < -0.39 is 10.0 Å². The Labute approximate surface area is 236 Å². The highest BCUT2D eigenvalue weighted by Crippen LogP contribution is 2.35. The lowest BCUT2D eigenvalue weighted by atomic mass is 9.87. The number of benzene rings is 2. The maximum atomic E-state index is 13.3. The van der Waals surface area contributed by atoms with Gasteiger partial charge in [0.1, 0.15) is 19.5 Å². The van der Waals surface area contributed by atoms with Crippen molar-refractivity contribution in [2.45, 2.75) is 38.0 Å². The van der Waals surface area contributed by atoms with Crippen molar-refractivity contribution in [3.8, 4) is 23.0 Å². The zero-order valence-electron chi connectivity index (χ0n) is 21.5. The smallest absolute Gasteiger partial charge is 0.316 e. The van der Waals surface area contributed by atoms with E-state index in [1.807, 2.05) is 43.3 Å². The molecule has 2 aromatic heterocycles. The number of rotatable bonds is 9. The lowest BCUT2D eigenvalue weighted by Gasteiger charge is -2.19. The minimum absolute atomic E-state index is 0.0951. The van der Waals surface area contributed by atoms with Gasteiger partial charge in [-0.2, -0.15) is 0 Å². The van der Waals surface area contributed by atoms with E-state index in [2.05, 4.69) is 68.0 Å². The van der Waals surface area contributed by atoms with Crippen LogP contribution in [0.5, 0.6) is 11.9 Å². The number of nitrogens with zero attached hydrogens (tertiary/aromatic N) is 4. The molecule has 0 radical (unpaired) electrons. The monoisotopic (exact) mass is 645 g/mol. The van der Waals surface area contributed by atoms with Crippen molar-refractivity contribution in [3.05, 3.63) is 81.9 Å². The summed E-state index contributed by atoms with van der Waals surface area (Å²) in [4.78, 5) is 16.9. The summed E-state index contributed by atoms with van der Waals surface area (Å²) in [5, 5.41) is 0. The number of halogens is 1. The highest BCUT2D eigenvalue weighted by atomic mass is 127. The molecule has 2 aromatic carbocycles. The van der Waals surface area contributed by atoms with Gasteiger partial charge < -0.3 is 9.47 Å². The Balaban J connectivity index is 1.60. The Morgan fingerprint density at radius 3 is 2.13 bits per heavy atom. The van der Waals surface area contributed by atoms with Crippen molar-refractivity contribution in [1.82, 2.24) is 19.9 Å². The molecule has 4 aromatic rings. The van der Waals surface area contributed by atoms with E-state index in [0.717, 1.165) is 14.7 Å². The molecule has 0 aliphatic heterocycles. The number of sulfonamides is 1. The first-order valence-corrected chi connectivity index (χ1v) is 14.4. The molecule has 0 unspecified atom stereocenters. The predicted octanol–water partition coefficient (Wildman–Crippen LogP) is 5.40. The van der Waals surface area contributed by atoms with Crippen LogP contribution in [-0.2, 0) is 15.4 Å². The molecule has 0 fully saturated rings. The maximum absolute atomic E-state index is 13.3. The van der Waals surface area contributed by atoms with Gasteiger partial charge in [0.05, 0.1) is 10.5 Å². The second-order valence-corrected chi connectivity index (χ2v) is 12.5. The topological polar surface area (TPSA) is 116 Å². The molecule has 1 N–H and O–H groups in total. The van der Waals surface area contributed by atoms with Crippen LogP contribution in [0.3, 0.4) is 0 Å². The second-order valence-electron chi connectivity index (χ2n) is 9.53. The van der Waals surface area contributed by atoms with Gasteiger partial charge in [-0.3, -0.25) is 4.72 Å². The van der Waals surface area contributed by atoms with E-state index in [1.54, 1.807) is 24.5 Å². The van der Waals surface area contributed by atoms with Gasteiger partial charge in [0, 0.05) is 16.0 Å². The second kappa shape index (κ2) is 11.6. The van der Waals surface area contributed by atoms with E-state index in [4.69, 9.17) is 9.47 Å². The average molecular weight is 646 g/mol. The zero-order chi connectivity index (χ0) is 27.3. The zero-order valence-corrected chi connectivity index (χ0v) is 24.4. The molecule has 9 nitrogen and oxygen atoms in total. The normalized spacial score (nSPS) is 11.7. The van der Waals surface area contributed by atoms with Crippen LogP contribution in [0.25, 0.3) is 11.1 Å². The lowest BCUT2D eigenvalue weighted by Crippen LogP contribution is -2.17. The van der Waals surface area contributed by atoms with E-state index in [-0.39, 0.29) is 41.2 Å². The van der Waals surface area contributed by atoms with E-state index in [0.29, 0.717) is 11.1 Å². The minimum atomic E-state index is -3.93. The number of anilines is 1. The van der Waals surface area contributed by atoms with Gasteiger partial charge >= 0.3 is 6.01 Å². The highest BCUT2D eigenvalue weighted by molar-refractivity contribution is 14.1. The number of hydrogen-bond donors (Lipinski definition) is 1. The van der Waals surface area contributed by atoms with Gasteiger partial charge in [0.15, 0.2) is 5.82 Å². The number of hydrogen-bond acceptors (Lipinski definition) is 8. The molecule has 4 rings (SSSR count). The van der Waals surface area contributed by atoms with Gasteiger partial charge in [0.25, 0.3) is 10.0 Å². The summed E-state index contributed by atoms with van der Waals surface area (Å²) >= 11 is 2.11. The molecular formula is C27H28IN5O4S. The predicted molar refractivity (Wildman–Crippen MR) is 154 cm³/mol. The third-order valence-electron chi connectivity index (χ3n) is 5.56. The van der Waals surface area contributed by atoms with E-state index >= 15 is 0 Å². The summed E-state index contributed by atoms with van der Waals surface area (Å²) in [6, 6.07) is 14.7. The van der Waals surface area contributed by atoms with Crippen molar-refractivity contribution in [3.63, 3.8) is 0 Å². The standard InChI is InChI=1S/C27H28IN5O4S/c1-18-5-7-19(8-6-18)23-24(33-38(34,35)22-11-9-20(10-12-22)27(2,3)4)31-17-32-25(23)36-13-14-37-26-29-15-21(28)16-30-26/h5-12,15-17H,13-14H2,1-4H3,(H,31,32,33). The largest absolute Gasteiger partial charge is 0.473 e. The molecular weight excluding hydrogens is 617 g/mol. The molecule has 38 heavy (non-hydrogen) atoms. The number of nitrogens with one attached hydrogen (secondary N) is 1. The van der Waals surface area contributed by atoms with Crippen LogP contribution in [0.4, 0.5) is 5.82 Å². The fourth-order valence-corrected chi connectivity index (χ4v) is 4.80. The van der Waals surface area contributed by atoms with Crippen LogP contribution in [0.15, 0.2) is 72.1 Å². The first kappa shape index (κ1) is 27.7. The summed E-state index contributed by atoms with van der Waals surface area (Å²) in [6.07, 6.45) is 4.56. The minimum Gasteiger partial charge on any atom is -0.473 e. The van der Waals surface area contributed by atoms with Crippen molar-refractivity contribution < 1.29 is 17.9 Å². The number of ether oxygens (including phenoxy) is 2. The summed E-state index contributed by atoms with van der Waals surface area (Å²) in [7, 11) is -3.93. The molecule has 0 saturated heterocycles. The SMILES string of the molecule is Cc1ccc(-c2c(NS(=O)(=O)c3ccc(C(C)(C)C)cc3)ncnc2OCCOc2ncc(I)cn2)cc1. The summed E-state index contributed by atoms with van der Waals surface area (Å²) in [5.41, 5.74) is 3.12.